The van der Waals surface area contributed by atoms with Crippen LogP contribution in [0.4, 0.5) is 0 Å². The largest absolute Gasteiger partial charge is 0.208 e. The van der Waals surface area contributed by atoms with Gasteiger partial charge in [-0.05, 0) is 85.3 Å². The van der Waals surface area contributed by atoms with Crippen molar-refractivity contribution in [1.29, 1.82) is 0 Å². The van der Waals surface area contributed by atoms with Crippen molar-refractivity contribution >= 4 is 53.1 Å². The van der Waals surface area contributed by atoms with E-state index in [9.17, 15) is 0 Å². The van der Waals surface area contributed by atoms with E-state index in [1.54, 1.807) is 0 Å². The van der Waals surface area contributed by atoms with E-state index in [0.29, 0.717) is 17.5 Å². The fraction of sp³-hybridized carbons (Fsp3) is 0. The predicted molar refractivity (Wildman–Crippen MR) is 240 cm³/mol. The van der Waals surface area contributed by atoms with Gasteiger partial charge in [0.2, 0.25) is 0 Å². The second-order valence-corrected chi connectivity index (χ2v) is 15.4. The third-order valence-corrected chi connectivity index (χ3v) is 12.1. The molecular formula is C53H33N3S. The highest BCUT2D eigenvalue weighted by Crippen LogP contribution is 2.43. The fourth-order valence-electron chi connectivity index (χ4n) is 8.14. The van der Waals surface area contributed by atoms with Gasteiger partial charge in [0.25, 0.3) is 0 Å². The van der Waals surface area contributed by atoms with Crippen LogP contribution in [-0.2, 0) is 0 Å². The lowest BCUT2D eigenvalue weighted by molar-refractivity contribution is 1.08. The normalized spacial score (nSPS) is 11.5. The quantitative estimate of drug-likeness (QED) is 0.170. The Labute approximate surface area is 334 Å². The van der Waals surface area contributed by atoms with E-state index in [0.717, 1.165) is 33.4 Å². The molecule has 0 fully saturated rings. The number of fused-ring (bicyclic) bond motifs is 6. The molecule has 0 amide bonds. The van der Waals surface area contributed by atoms with Crippen molar-refractivity contribution in [2.24, 2.45) is 0 Å². The predicted octanol–water partition coefficient (Wildman–Crippen LogP) is 14.5. The number of rotatable bonds is 6. The van der Waals surface area contributed by atoms with Crippen LogP contribution >= 0.6 is 11.3 Å². The molecule has 0 saturated heterocycles. The molecular weight excluding hydrogens is 711 g/mol. The van der Waals surface area contributed by atoms with Crippen LogP contribution in [0.15, 0.2) is 200 Å². The maximum Gasteiger partial charge on any atom is 0.164 e. The van der Waals surface area contributed by atoms with Crippen molar-refractivity contribution in [2.45, 2.75) is 0 Å². The molecule has 0 bridgehead atoms. The van der Waals surface area contributed by atoms with Gasteiger partial charge >= 0.3 is 0 Å². The summed E-state index contributed by atoms with van der Waals surface area (Å²) < 4.78 is 2.49. The van der Waals surface area contributed by atoms with Crippen molar-refractivity contribution in [3.63, 3.8) is 0 Å². The Bertz CT molecular complexity index is 3300. The maximum atomic E-state index is 5.32. The lowest BCUT2D eigenvalue weighted by Gasteiger charge is -2.13. The van der Waals surface area contributed by atoms with Crippen molar-refractivity contribution in [3.8, 4) is 67.5 Å². The minimum absolute atomic E-state index is 0.632. The lowest BCUT2D eigenvalue weighted by atomic mass is 9.92. The summed E-state index contributed by atoms with van der Waals surface area (Å²) in [5.41, 5.74) is 9.77. The number of hydrogen-bond donors (Lipinski definition) is 0. The van der Waals surface area contributed by atoms with Crippen molar-refractivity contribution in [1.82, 2.24) is 15.0 Å². The Morgan fingerprint density at radius 3 is 1.61 bits per heavy atom. The topological polar surface area (TPSA) is 38.7 Å². The van der Waals surface area contributed by atoms with Crippen LogP contribution in [0.25, 0.3) is 109 Å². The zero-order valence-corrected chi connectivity index (χ0v) is 31.6. The third kappa shape index (κ3) is 5.95. The molecule has 11 aromatic rings. The van der Waals surface area contributed by atoms with Gasteiger partial charge in [-0.15, -0.1) is 11.3 Å². The highest BCUT2D eigenvalue weighted by molar-refractivity contribution is 7.26. The number of benzene rings is 9. The number of aromatic nitrogens is 3. The van der Waals surface area contributed by atoms with Gasteiger partial charge in [0.1, 0.15) is 0 Å². The smallest absolute Gasteiger partial charge is 0.164 e. The first kappa shape index (κ1) is 33.1. The Kier molecular flexibility index (Phi) is 8.01. The van der Waals surface area contributed by atoms with Gasteiger partial charge < -0.3 is 0 Å². The monoisotopic (exact) mass is 743 g/mol. The third-order valence-electron chi connectivity index (χ3n) is 10.9. The molecule has 0 aliphatic heterocycles. The molecule has 0 unspecified atom stereocenters. The molecule has 0 N–H and O–H groups in total. The molecule has 3 nitrogen and oxygen atoms in total. The summed E-state index contributed by atoms with van der Waals surface area (Å²) in [6.07, 6.45) is 0. The van der Waals surface area contributed by atoms with Crippen molar-refractivity contribution in [2.75, 3.05) is 0 Å². The minimum Gasteiger partial charge on any atom is -0.208 e. The molecule has 57 heavy (non-hydrogen) atoms. The van der Waals surface area contributed by atoms with E-state index < -0.39 is 0 Å². The molecule has 0 saturated carbocycles. The van der Waals surface area contributed by atoms with Crippen LogP contribution in [0.1, 0.15) is 0 Å². The summed E-state index contributed by atoms with van der Waals surface area (Å²) in [7, 11) is 0. The van der Waals surface area contributed by atoms with Crippen molar-refractivity contribution in [3.05, 3.63) is 200 Å². The van der Waals surface area contributed by atoms with Gasteiger partial charge in [-0.25, -0.2) is 15.0 Å². The van der Waals surface area contributed by atoms with Gasteiger partial charge in [-0.2, -0.15) is 0 Å². The Balaban J connectivity index is 1.12. The highest BCUT2D eigenvalue weighted by Gasteiger charge is 2.19. The van der Waals surface area contributed by atoms with Gasteiger partial charge in [0.15, 0.2) is 17.5 Å². The van der Waals surface area contributed by atoms with Gasteiger partial charge in [0, 0.05) is 36.9 Å². The molecule has 0 aliphatic rings. The average molecular weight is 744 g/mol. The van der Waals surface area contributed by atoms with E-state index in [1.165, 1.54) is 58.4 Å². The molecule has 2 aromatic heterocycles. The van der Waals surface area contributed by atoms with Crippen molar-refractivity contribution < 1.29 is 0 Å². The number of thiophene rings is 1. The highest BCUT2D eigenvalue weighted by atomic mass is 32.1. The molecule has 0 aliphatic carbocycles. The first-order valence-electron chi connectivity index (χ1n) is 19.2. The molecule has 11 rings (SSSR count). The summed E-state index contributed by atoms with van der Waals surface area (Å²) in [6, 6.07) is 71.0. The molecule has 0 atom stereocenters. The molecule has 9 aromatic carbocycles. The SMILES string of the molecule is c1ccc(-c2cccc(-c3nc(-c4cccc(-c5cc(-c6ccccc6)cc6ccccc56)c4)nc(-c4cccc5sc6c7ccccc7ccc6c45)n3)c2)cc1. The molecule has 266 valence electrons. The summed E-state index contributed by atoms with van der Waals surface area (Å²) in [4.78, 5) is 15.9. The molecule has 0 radical (unpaired) electrons. The number of hydrogen-bond acceptors (Lipinski definition) is 4. The van der Waals surface area contributed by atoms with Gasteiger partial charge in [-0.1, -0.05) is 170 Å². The zero-order valence-electron chi connectivity index (χ0n) is 30.8. The second-order valence-electron chi connectivity index (χ2n) is 14.4. The van der Waals surface area contributed by atoms with E-state index >= 15 is 0 Å². The van der Waals surface area contributed by atoms with Crippen LogP contribution < -0.4 is 0 Å². The maximum absolute atomic E-state index is 5.32. The lowest BCUT2D eigenvalue weighted by Crippen LogP contribution is -2.00. The van der Waals surface area contributed by atoms with Crippen LogP contribution in [0, 0.1) is 0 Å². The average Bonchev–Trinajstić information content (AvgIpc) is 3.69. The van der Waals surface area contributed by atoms with Gasteiger partial charge in [0.05, 0.1) is 0 Å². The summed E-state index contributed by atoms with van der Waals surface area (Å²) >= 11 is 1.83. The van der Waals surface area contributed by atoms with E-state index in [2.05, 4.69) is 194 Å². The van der Waals surface area contributed by atoms with Crippen LogP contribution in [-0.4, -0.2) is 15.0 Å². The second kappa shape index (κ2) is 13.8. The molecule has 0 spiro atoms. The van der Waals surface area contributed by atoms with Crippen LogP contribution in [0.3, 0.4) is 0 Å². The Morgan fingerprint density at radius 1 is 0.298 bits per heavy atom. The van der Waals surface area contributed by atoms with E-state index in [-0.39, 0.29) is 0 Å². The Morgan fingerprint density at radius 2 is 0.860 bits per heavy atom. The standard InChI is InChI=1S/C53H33N3S/c1-3-14-34(15-4-1)37-20-11-22-40(30-37)51-54-52(56-53(55-51)46-26-13-27-48-49(46)45-29-28-36-18-7-10-25-44(36)50(45)57-48)41-23-12-21-39(31-41)47-33-42(35-16-5-2-6-17-35)32-38-19-8-9-24-43(38)47/h1-33H. The minimum atomic E-state index is 0.632. The first-order chi connectivity index (χ1) is 28.2. The molecule has 4 heteroatoms. The zero-order chi connectivity index (χ0) is 37.7. The van der Waals surface area contributed by atoms with Crippen LogP contribution in [0.2, 0.25) is 0 Å². The summed E-state index contributed by atoms with van der Waals surface area (Å²) in [5.74, 6) is 1.92. The fourth-order valence-corrected chi connectivity index (χ4v) is 9.40. The summed E-state index contributed by atoms with van der Waals surface area (Å²) in [6.45, 7) is 0. The Hall–Kier alpha value is -7.27. The van der Waals surface area contributed by atoms with Crippen LogP contribution in [0.5, 0.6) is 0 Å². The van der Waals surface area contributed by atoms with Gasteiger partial charge in [-0.3, -0.25) is 0 Å². The molecule has 2 heterocycles. The first-order valence-corrected chi connectivity index (χ1v) is 20.0. The van der Waals surface area contributed by atoms with E-state index in [1.807, 2.05) is 17.4 Å². The van der Waals surface area contributed by atoms with E-state index in [4.69, 9.17) is 15.0 Å². The summed E-state index contributed by atoms with van der Waals surface area (Å²) in [5, 5.41) is 7.29. The number of nitrogens with zero attached hydrogens (tertiary/aromatic N) is 3.